The summed E-state index contributed by atoms with van der Waals surface area (Å²) in [5, 5.41) is 28.0. The Hall–Kier alpha value is -3.53. The number of carboxylic acid groups (broad SMARTS) is 1. The molecule has 0 aliphatic heterocycles. The molecule has 0 atom stereocenters. The second-order valence-corrected chi connectivity index (χ2v) is 5.80. The Labute approximate surface area is 156 Å². The molecule has 0 radical (unpaired) electrons. The highest BCUT2D eigenvalue weighted by Gasteiger charge is 2.14. The lowest BCUT2D eigenvalue weighted by Crippen LogP contribution is -2.04. The number of Topliss-reactive ketones (excluding diaryl/α,β-unsaturated/α-hetero) is 1. The van der Waals surface area contributed by atoms with Crippen LogP contribution in [0.15, 0.2) is 36.4 Å². The Kier molecular flexibility index (Phi) is 6.78. The van der Waals surface area contributed by atoms with Crippen LogP contribution in [0.2, 0.25) is 0 Å². The van der Waals surface area contributed by atoms with Gasteiger partial charge in [0.1, 0.15) is 34.9 Å². The second-order valence-electron chi connectivity index (χ2n) is 5.80. The fourth-order valence-corrected chi connectivity index (χ4v) is 2.43. The number of carbonyl (C=O) groups excluding carboxylic acids is 1. The third-order valence-electron chi connectivity index (χ3n) is 3.87. The maximum Gasteiger partial charge on any atom is 0.303 e. The Morgan fingerprint density at radius 2 is 1.70 bits per heavy atom. The molecule has 7 heteroatoms. The lowest BCUT2D eigenvalue weighted by atomic mass is 10.0. The van der Waals surface area contributed by atoms with Gasteiger partial charge in [0.05, 0.1) is 19.1 Å². The van der Waals surface area contributed by atoms with Crippen LogP contribution in [-0.2, 0) is 16.0 Å². The predicted molar refractivity (Wildman–Crippen MR) is 96.1 cm³/mol. The molecule has 0 spiro atoms. The van der Waals surface area contributed by atoms with Crippen molar-refractivity contribution in [3.8, 4) is 29.1 Å². The molecule has 0 bridgehead atoms. The molecule has 27 heavy (non-hydrogen) atoms. The van der Waals surface area contributed by atoms with Crippen molar-refractivity contribution in [1.82, 2.24) is 0 Å². The normalized spacial score (nSPS) is 10.1. The summed E-state index contributed by atoms with van der Waals surface area (Å²) in [6.07, 6.45) is -0.0470. The first-order valence-corrected chi connectivity index (χ1v) is 8.24. The number of benzene rings is 2. The summed E-state index contributed by atoms with van der Waals surface area (Å²) in [6, 6.07) is 11.7. The van der Waals surface area contributed by atoms with Crippen molar-refractivity contribution in [2.45, 2.75) is 25.7 Å². The van der Waals surface area contributed by atoms with Gasteiger partial charge in [-0.2, -0.15) is 5.26 Å². The SMILES string of the molecule is COc1ccc(Oc2cc(C#N)c(O)c(CCC(=O)CCC(=O)O)c2)cc1. The average Bonchev–Trinajstić information content (AvgIpc) is 2.67. The smallest absolute Gasteiger partial charge is 0.303 e. The molecule has 2 rings (SSSR count). The second kappa shape index (κ2) is 9.25. The summed E-state index contributed by atoms with van der Waals surface area (Å²) in [7, 11) is 1.55. The Balaban J connectivity index is 2.14. The first-order chi connectivity index (χ1) is 12.9. The van der Waals surface area contributed by atoms with Gasteiger partial charge in [-0.3, -0.25) is 9.59 Å². The molecule has 0 aromatic heterocycles. The molecule has 2 aromatic rings. The maximum atomic E-state index is 11.8. The number of hydrogen-bond donors (Lipinski definition) is 2. The zero-order valence-corrected chi connectivity index (χ0v) is 14.8. The van der Waals surface area contributed by atoms with E-state index in [0.29, 0.717) is 22.8 Å². The Morgan fingerprint density at radius 1 is 1.04 bits per heavy atom. The molecule has 140 valence electrons. The van der Waals surface area contributed by atoms with Gasteiger partial charge in [-0.15, -0.1) is 0 Å². The van der Waals surface area contributed by atoms with E-state index in [4.69, 9.17) is 14.6 Å². The van der Waals surface area contributed by atoms with E-state index in [2.05, 4.69) is 0 Å². The third kappa shape index (κ3) is 5.75. The van der Waals surface area contributed by atoms with E-state index in [9.17, 15) is 20.0 Å². The van der Waals surface area contributed by atoms with Crippen molar-refractivity contribution in [3.63, 3.8) is 0 Å². The minimum atomic E-state index is -1.03. The minimum Gasteiger partial charge on any atom is -0.506 e. The highest BCUT2D eigenvalue weighted by Crippen LogP contribution is 2.32. The van der Waals surface area contributed by atoms with E-state index < -0.39 is 5.97 Å². The summed E-state index contributed by atoms with van der Waals surface area (Å²) in [5.74, 6) is 0.0814. The number of carbonyl (C=O) groups is 2. The van der Waals surface area contributed by atoms with Crippen LogP contribution in [0.25, 0.3) is 0 Å². The number of aromatic hydroxyl groups is 1. The largest absolute Gasteiger partial charge is 0.506 e. The molecule has 0 fully saturated rings. The lowest BCUT2D eigenvalue weighted by Gasteiger charge is -2.11. The van der Waals surface area contributed by atoms with Crippen LogP contribution in [0.4, 0.5) is 0 Å². The number of rotatable bonds is 9. The fraction of sp³-hybridized carbons (Fsp3) is 0.250. The summed E-state index contributed by atoms with van der Waals surface area (Å²) in [5.41, 5.74) is 0.426. The zero-order chi connectivity index (χ0) is 19.8. The van der Waals surface area contributed by atoms with E-state index in [1.54, 1.807) is 37.4 Å². The van der Waals surface area contributed by atoms with Crippen LogP contribution in [0.3, 0.4) is 0 Å². The zero-order valence-electron chi connectivity index (χ0n) is 14.8. The number of hydrogen-bond acceptors (Lipinski definition) is 6. The van der Waals surface area contributed by atoms with Crippen LogP contribution in [-0.4, -0.2) is 29.1 Å². The monoisotopic (exact) mass is 369 g/mol. The summed E-state index contributed by atoms with van der Waals surface area (Å²) in [6.45, 7) is 0. The van der Waals surface area contributed by atoms with Crippen LogP contribution >= 0.6 is 0 Å². The molecular formula is C20H19NO6. The molecule has 7 nitrogen and oxygen atoms in total. The average molecular weight is 369 g/mol. The molecule has 2 aromatic carbocycles. The van der Waals surface area contributed by atoms with Crippen molar-refractivity contribution in [1.29, 1.82) is 5.26 Å². The van der Waals surface area contributed by atoms with E-state index in [1.165, 1.54) is 6.07 Å². The van der Waals surface area contributed by atoms with E-state index in [-0.39, 0.29) is 42.8 Å². The van der Waals surface area contributed by atoms with Crippen LogP contribution in [0.5, 0.6) is 23.0 Å². The maximum absolute atomic E-state index is 11.8. The van der Waals surface area contributed by atoms with Gasteiger partial charge >= 0.3 is 5.97 Å². The number of nitriles is 1. The Morgan fingerprint density at radius 3 is 2.30 bits per heavy atom. The number of carboxylic acids is 1. The fourth-order valence-electron chi connectivity index (χ4n) is 2.43. The molecule has 0 aliphatic rings. The van der Waals surface area contributed by atoms with Gasteiger partial charge in [-0.1, -0.05) is 0 Å². The van der Waals surface area contributed by atoms with E-state index in [1.807, 2.05) is 6.07 Å². The number of aliphatic carboxylic acids is 1. The number of phenolic OH excluding ortho intramolecular Hbond substituents is 1. The quantitative estimate of drug-likeness (QED) is 0.695. The molecule has 0 amide bonds. The third-order valence-corrected chi connectivity index (χ3v) is 3.87. The highest BCUT2D eigenvalue weighted by atomic mass is 16.5. The number of ether oxygens (including phenoxy) is 2. The molecule has 0 heterocycles. The van der Waals surface area contributed by atoms with Crippen molar-refractivity contribution in [2.75, 3.05) is 7.11 Å². The standard InChI is InChI=1S/C20H19NO6/c1-26-16-5-7-17(8-6-16)27-18-10-13(20(25)14(11-18)12-21)2-3-15(22)4-9-19(23)24/h5-8,10-11,25H,2-4,9H2,1H3,(H,23,24). The summed E-state index contributed by atoms with van der Waals surface area (Å²) in [4.78, 5) is 22.3. The van der Waals surface area contributed by atoms with Crippen molar-refractivity contribution < 1.29 is 29.3 Å². The first-order valence-electron chi connectivity index (χ1n) is 8.24. The van der Waals surface area contributed by atoms with E-state index >= 15 is 0 Å². The van der Waals surface area contributed by atoms with E-state index in [0.717, 1.165) is 0 Å². The van der Waals surface area contributed by atoms with Gasteiger partial charge in [-0.25, -0.2) is 0 Å². The molecule has 0 unspecified atom stereocenters. The van der Waals surface area contributed by atoms with Crippen molar-refractivity contribution >= 4 is 11.8 Å². The number of aryl methyl sites for hydroxylation is 1. The molecule has 0 saturated carbocycles. The summed E-state index contributed by atoms with van der Waals surface area (Å²) >= 11 is 0. The van der Waals surface area contributed by atoms with Crippen LogP contribution in [0.1, 0.15) is 30.4 Å². The number of nitrogens with zero attached hydrogens (tertiary/aromatic N) is 1. The first kappa shape index (κ1) is 19.8. The molecule has 0 aliphatic carbocycles. The predicted octanol–water partition coefficient (Wildman–Crippen LogP) is 3.43. The van der Waals surface area contributed by atoms with Crippen molar-refractivity contribution in [2.24, 2.45) is 0 Å². The molecule has 2 N–H and O–H groups in total. The number of ketones is 1. The molecular weight excluding hydrogens is 350 g/mol. The summed E-state index contributed by atoms with van der Waals surface area (Å²) < 4.78 is 10.8. The van der Waals surface area contributed by atoms with Gasteiger partial charge in [0, 0.05) is 18.9 Å². The van der Waals surface area contributed by atoms with Gasteiger partial charge in [-0.05, 0) is 42.3 Å². The minimum absolute atomic E-state index is 0.0361. The lowest BCUT2D eigenvalue weighted by molar-refractivity contribution is -0.138. The van der Waals surface area contributed by atoms with Crippen LogP contribution in [0, 0.1) is 11.3 Å². The van der Waals surface area contributed by atoms with Gasteiger partial charge < -0.3 is 19.7 Å². The topological polar surface area (TPSA) is 117 Å². The number of phenols is 1. The Bertz CT molecular complexity index is 867. The molecule has 0 saturated heterocycles. The number of methoxy groups -OCH3 is 1. The van der Waals surface area contributed by atoms with Crippen LogP contribution < -0.4 is 9.47 Å². The van der Waals surface area contributed by atoms with Gasteiger partial charge in [0.25, 0.3) is 0 Å². The van der Waals surface area contributed by atoms with Gasteiger partial charge in [0.15, 0.2) is 0 Å². The highest BCUT2D eigenvalue weighted by molar-refractivity contribution is 5.82. The van der Waals surface area contributed by atoms with Crippen molar-refractivity contribution in [3.05, 3.63) is 47.5 Å². The van der Waals surface area contributed by atoms with Gasteiger partial charge in [0.2, 0.25) is 0 Å².